The summed E-state index contributed by atoms with van der Waals surface area (Å²) in [5.74, 6) is 0.612. The SMILES string of the molecule is COc1ccc(Cc2nnc(NC(=O)c3cccc(Br)c3)s2)cc1. The number of methoxy groups -OCH3 is 1. The number of rotatable bonds is 5. The molecule has 0 spiro atoms. The quantitative estimate of drug-likeness (QED) is 0.694. The smallest absolute Gasteiger partial charge is 0.257 e. The van der Waals surface area contributed by atoms with E-state index in [1.165, 1.54) is 11.3 Å². The molecule has 0 radical (unpaired) electrons. The molecule has 1 N–H and O–H groups in total. The summed E-state index contributed by atoms with van der Waals surface area (Å²) < 4.78 is 6.00. The van der Waals surface area contributed by atoms with Gasteiger partial charge in [-0.15, -0.1) is 10.2 Å². The number of carbonyl (C=O) groups excluding carboxylic acids is 1. The first kappa shape index (κ1) is 16.6. The van der Waals surface area contributed by atoms with Gasteiger partial charge in [-0.3, -0.25) is 10.1 Å². The van der Waals surface area contributed by atoms with Gasteiger partial charge in [0.2, 0.25) is 5.13 Å². The lowest BCUT2D eigenvalue weighted by atomic mass is 10.1. The second kappa shape index (κ2) is 7.55. The molecule has 1 amide bonds. The number of benzene rings is 2. The fourth-order valence-corrected chi connectivity index (χ4v) is 3.26. The molecule has 0 aliphatic heterocycles. The molecule has 0 aliphatic rings. The lowest BCUT2D eigenvalue weighted by molar-refractivity contribution is 0.102. The van der Waals surface area contributed by atoms with Gasteiger partial charge in [-0.05, 0) is 35.9 Å². The molecule has 1 aromatic heterocycles. The van der Waals surface area contributed by atoms with Crippen molar-refractivity contribution < 1.29 is 9.53 Å². The molecule has 122 valence electrons. The standard InChI is InChI=1S/C17H14BrN3O2S/c1-23-14-7-5-11(6-8-14)9-15-20-21-17(24-15)19-16(22)12-3-2-4-13(18)10-12/h2-8,10H,9H2,1H3,(H,19,21,22). The van der Waals surface area contributed by atoms with Crippen LogP contribution in [0.25, 0.3) is 0 Å². The molecule has 0 fully saturated rings. The summed E-state index contributed by atoms with van der Waals surface area (Å²) in [6.45, 7) is 0. The third-order valence-electron chi connectivity index (χ3n) is 3.29. The van der Waals surface area contributed by atoms with E-state index in [-0.39, 0.29) is 5.91 Å². The van der Waals surface area contributed by atoms with E-state index in [2.05, 4.69) is 31.4 Å². The van der Waals surface area contributed by atoms with Crippen LogP contribution < -0.4 is 10.1 Å². The third kappa shape index (κ3) is 4.18. The van der Waals surface area contributed by atoms with Crippen LogP contribution in [0, 0.1) is 0 Å². The Labute approximate surface area is 151 Å². The largest absolute Gasteiger partial charge is 0.497 e. The summed E-state index contributed by atoms with van der Waals surface area (Å²) in [5.41, 5.74) is 1.67. The molecule has 1 heterocycles. The Morgan fingerprint density at radius 1 is 1.21 bits per heavy atom. The normalized spacial score (nSPS) is 10.4. The Morgan fingerprint density at radius 3 is 2.71 bits per heavy atom. The van der Waals surface area contributed by atoms with Gasteiger partial charge < -0.3 is 4.74 Å². The number of halogens is 1. The summed E-state index contributed by atoms with van der Waals surface area (Å²) in [6, 6.07) is 15.0. The predicted octanol–water partition coefficient (Wildman–Crippen LogP) is 4.15. The first-order valence-corrected chi connectivity index (χ1v) is 8.77. The van der Waals surface area contributed by atoms with Crippen LogP contribution in [0.5, 0.6) is 5.75 Å². The third-order valence-corrected chi connectivity index (χ3v) is 4.62. The summed E-state index contributed by atoms with van der Waals surface area (Å²) in [4.78, 5) is 12.2. The summed E-state index contributed by atoms with van der Waals surface area (Å²) in [7, 11) is 1.64. The molecule has 0 saturated carbocycles. The summed E-state index contributed by atoms with van der Waals surface area (Å²) in [5, 5.41) is 12.3. The van der Waals surface area contributed by atoms with Crippen molar-refractivity contribution in [1.29, 1.82) is 0 Å². The number of nitrogens with one attached hydrogen (secondary N) is 1. The lowest BCUT2D eigenvalue weighted by Crippen LogP contribution is -2.11. The van der Waals surface area contributed by atoms with Crippen LogP contribution in [0.2, 0.25) is 0 Å². The van der Waals surface area contributed by atoms with Crippen LogP contribution in [-0.2, 0) is 6.42 Å². The molecule has 0 saturated heterocycles. The number of hydrogen-bond donors (Lipinski definition) is 1. The van der Waals surface area contributed by atoms with Crippen molar-refractivity contribution in [3.63, 3.8) is 0 Å². The Balaban J connectivity index is 1.65. The number of ether oxygens (including phenoxy) is 1. The molecule has 3 rings (SSSR count). The van der Waals surface area contributed by atoms with Crippen LogP contribution in [0.4, 0.5) is 5.13 Å². The fourth-order valence-electron chi connectivity index (χ4n) is 2.09. The topological polar surface area (TPSA) is 64.1 Å². The highest BCUT2D eigenvalue weighted by Gasteiger charge is 2.11. The Bertz CT molecular complexity index is 849. The van der Waals surface area contributed by atoms with Crippen molar-refractivity contribution in [1.82, 2.24) is 10.2 Å². The van der Waals surface area contributed by atoms with Gasteiger partial charge in [-0.1, -0.05) is 45.5 Å². The number of nitrogens with zero attached hydrogens (tertiary/aromatic N) is 2. The Kier molecular flexibility index (Phi) is 5.22. The maximum absolute atomic E-state index is 12.2. The second-order valence-electron chi connectivity index (χ2n) is 4.99. The summed E-state index contributed by atoms with van der Waals surface area (Å²) in [6.07, 6.45) is 0.661. The molecule has 7 heteroatoms. The molecular weight excluding hydrogens is 390 g/mol. The van der Waals surface area contributed by atoms with Crippen molar-refractivity contribution in [2.24, 2.45) is 0 Å². The number of amides is 1. The molecule has 0 atom stereocenters. The molecule has 0 aliphatic carbocycles. The first-order chi connectivity index (χ1) is 11.6. The zero-order chi connectivity index (χ0) is 16.9. The van der Waals surface area contributed by atoms with E-state index in [4.69, 9.17) is 4.74 Å². The number of anilines is 1. The van der Waals surface area contributed by atoms with Crippen molar-refractivity contribution in [2.75, 3.05) is 12.4 Å². The predicted molar refractivity (Wildman–Crippen MR) is 97.8 cm³/mol. The first-order valence-electron chi connectivity index (χ1n) is 7.16. The monoisotopic (exact) mass is 403 g/mol. The van der Waals surface area contributed by atoms with Gasteiger partial charge >= 0.3 is 0 Å². The van der Waals surface area contributed by atoms with Gasteiger partial charge in [0.1, 0.15) is 10.8 Å². The highest BCUT2D eigenvalue weighted by Crippen LogP contribution is 2.21. The summed E-state index contributed by atoms with van der Waals surface area (Å²) >= 11 is 4.72. The van der Waals surface area contributed by atoms with E-state index in [0.29, 0.717) is 17.1 Å². The molecule has 0 bridgehead atoms. The van der Waals surface area contributed by atoms with E-state index in [1.807, 2.05) is 36.4 Å². The van der Waals surface area contributed by atoms with Gasteiger partial charge in [0.25, 0.3) is 5.91 Å². The van der Waals surface area contributed by atoms with Gasteiger partial charge in [-0.2, -0.15) is 0 Å². The number of carbonyl (C=O) groups is 1. The molecule has 2 aromatic carbocycles. The molecular formula is C17H14BrN3O2S. The van der Waals surface area contributed by atoms with E-state index in [0.717, 1.165) is 20.8 Å². The van der Waals surface area contributed by atoms with Gasteiger partial charge in [0, 0.05) is 16.5 Å². The van der Waals surface area contributed by atoms with E-state index < -0.39 is 0 Å². The van der Waals surface area contributed by atoms with Gasteiger partial charge in [-0.25, -0.2) is 0 Å². The minimum atomic E-state index is -0.205. The van der Waals surface area contributed by atoms with E-state index >= 15 is 0 Å². The van der Waals surface area contributed by atoms with E-state index in [9.17, 15) is 4.79 Å². The maximum Gasteiger partial charge on any atom is 0.257 e. The Morgan fingerprint density at radius 2 is 2.00 bits per heavy atom. The molecule has 5 nitrogen and oxygen atoms in total. The number of hydrogen-bond acceptors (Lipinski definition) is 5. The van der Waals surface area contributed by atoms with Gasteiger partial charge in [0.05, 0.1) is 7.11 Å². The highest BCUT2D eigenvalue weighted by molar-refractivity contribution is 9.10. The van der Waals surface area contributed by atoms with Crippen molar-refractivity contribution in [2.45, 2.75) is 6.42 Å². The molecule has 0 unspecified atom stereocenters. The maximum atomic E-state index is 12.2. The average molecular weight is 404 g/mol. The van der Waals surface area contributed by atoms with Gasteiger partial charge in [0.15, 0.2) is 0 Å². The zero-order valence-electron chi connectivity index (χ0n) is 12.8. The van der Waals surface area contributed by atoms with Crippen molar-refractivity contribution in [3.8, 4) is 5.75 Å². The minimum Gasteiger partial charge on any atom is -0.497 e. The van der Waals surface area contributed by atoms with Crippen LogP contribution in [0.15, 0.2) is 53.0 Å². The van der Waals surface area contributed by atoms with Crippen LogP contribution in [0.3, 0.4) is 0 Å². The fraction of sp³-hybridized carbons (Fsp3) is 0.118. The van der Waals surface area contributed by atoms with Crippen molar-refractivity contribution in [3.05, 3.63) is 69.1 Å². The molecule has 24 heavy (non-hydrogen) atoms. The second-order valence-corrected chi connectivity index (χ2v) is 6.97. The molecule has 3 aromatic rings. The number of aromatic nitrogens is 2. The zero-order valence-corrected chi connectivity index (χ0v) is 15.2. The Hall–Kier alpha value is -2.25. The van der Waals surface area contributed by atoms with Crippen LogP contribution >= 0.6 is 27.3 Å². The van der Waals surface area contributed by atoms with Crippen LogP contribution in [-0.4, -0.2) is 23.2 Å². The highest BCUT2D eigenvalue weighted by atomic mass is 79.9. The van der Waals surface area contributed by atoms with Crippen LogP contribution in [0.1, 0.15) is 20.9 Å². The minimum absolute atomic E-state index is 0.205. The van der Waals surface area contributed by atoms with Crippen molar-refractivity contribution >= 4 is 38.3 Å². The average Bonchev–Trinajstić information content (AvgIpc) is 3.02. The lowest BCUT2D eigenvalue weighted by Gasteiger charge is -2.01. The van der Waals surface area contributed by atoms with E-state index in [1.54, 1.807) is 19.2 Å².